The minimum Gasteiger partial charge on any atom is -0.493 e. The summed E-state index contributed by atoms with van der Waals surface area (Å²) >= 11 is 0. The molecule has 1 saturated heterocycles. The van der Waals surface area contributed by atoms with Crippen molar-refractivity contribution >= 4 is 35.6 Å². The number of guanidine groups is 1. The Balaban J connectivity index is 0.00000363. The first-order chi connectivity index (χ1) is 15.0. The lowest BCUT2D eigenvalue weighted by Crippen LogP contribution is -2.52. The van der Waals surface area contributed by atoms with E-state index >= 15 is 0 Å². The molecule has 0 saturated carbocycles. The Bertz CT molecular complexity index is 928. The summed E-state index contributed by atoms with van der Waals surface area (Å²) in [6, 6.07) is 10.4. The van der Waals surface area contributed by atoms with Crippen molar-refractivity contribution in [3.05, 3.63) is 47.0 Å². The van der Waals surface area contributed by atoms with Gasteiger partial charge in [0.2, 0.25) is 5.75 Å². The van der Waals surface area contributed by atoms with E-state index in [1.165, 1.54) is 16.8 Å². The van der Waals surface area contributed by atoms with Crippen LogP contribution in [0.2, 0.25) is 0 Å². The van der Waals surface area contributed by atoms with Gasteiger partial charge in [0.15, 0.2) is 17.5 Å². The number of piperazine rings is 1. The first kappa shape index (κ1) is 25.9. The van der Waals surface area contributed by atoms with Crippen molar-refractivity contribution in [1.82, 2.24) is 10.2 Å². The Kier molecular flexibility index (Phi) is 9.74. The van der Waals surface area contributed by atoms with Crippen LogP contribution in [0, 0.1) is 13.8 Å². The fraction of sp³-hybridized carbons (Fsp3) is 0.458. The van der Waals surface area contributed by atoms with E-state index in [4.69, 9.17) is 14.2 Å². The highest BCUT2D eigenvalue weighted by Gasteiger charge is 2.22. The number of aryl methyl sites for hydroxylation is 1. The molecule has 0 bridgehead atoms. The van der Waals surface area contributed by atoms with Gasteiger partial charge in [0.05, 0.1) is 21.3 Å². The lowest BCUT2D eigenvalue weighted by atomic mass is 10.1. The number of hydrogen-bond donors (Lipinski definition) is 1. The van der Waals surface area contributed by atoms with Gasteiger partial charge in [-0.1, -0.05) is 12.1 Å². The molecule has 176 valence electrons. The highest BCUT2D eigenvalue weighted by Crippen LogP contribution is 2.39. The Labute approximate surface area is 208 Å². The summed E-state index contributed by atoms with van der Waals surface area (Å²) in [7, 11) is 6.70. The van der Waals surface area contributed by atoms with Crippen LogP contribution in [0.1, 0.15) is 16.7 Å². The SMILES string of the molecule is CN=C(NCc1ccc(OC)c(OC)c1OC)N1CCN(c2cccc(C)c2C)CC1.I. The molecule has 2 aromatic carbocycles. The number of nitrogens with one attached hydrogen (secondary N) is 1. The molecule has 0 aromatic heterocycles. The highest BCUT2D eigenvalue weighted by molar-refractivity contribution is 14.0. The van der Waals surface area contributed by atoms with Crippen LogP contribution in [-0.4, -0.2) is 65.4 Å². The van der Waals surface area contributed by atoms with E-state index in [9.17, 15) is 0 Å². The van der Waals surface area contributed by atoms with Crippen molar-refractivity contribution in [3.8, 4) is 17.2 Å². The van der Waals surface area contributed by atoms with Gasteiger partial charge in [-0.15, -0.1) is 24.0 Å². The zero-order valence-electron chi connectivity index (χ0n) is 19.9. The lowest BCUT2D eigenvalue weighted by molar-refractivity contribution is 0.321. The molecule has 1 heterocycles. The van der Waals surface area contributed by atoms with Crippen LogP contribution in [0.3, 0.4) is 0 Å². The van der Waals surface area contributed by atoms with Crippen LogP contribution in [-0.2, 0) is 6.54 Å². The van der Waals surface area contributed by atoms with Crippen molar-refractivity contribution < 1.29 is 14.2 Å². The first-order valence-electron chi connectivity index (χ1n) is 10.6. The number of halogens is 1. The third-order valence-corrected chi connectivity index (χ3v) is 5.93. The summed E-state index contributed by atoms with van der Waals surface area (Å²) in [5.41, 5.74) is 5.01. The average molecular weight is 554 g/mol. The van der Waals surface area contributed by atoms with Gasteiger partial charge in [-0.2, -0.15) is 0 Å². The van der Waals surface area contributed by atoms with Crippen molar-refractivity contribution in [2.75, 3.05) is 59.5 Å². The van der Waals surface area contributed by atoms with Crippen LogP contribution >= 0.6 is 24.0 Å². The Hall–Kier alpha value is -2.36. The molecular formula is C24H35IN4O3. The molecule has 2 aromatic rings. The van der Waals surface area contributed by atoms with Crippen LogP contribution < -0.4 is 24.4 Å². The highest BCUT2D eigenvalue weighted by atomic mass is 127. The summed E-state index contributed by atoms with van der Waals surface area (Å²) in [5.74, 6) is 2.80. The lowest BCUT2D eigenvalue weighted by Gasteiger charge is -2.38. The molecule has 3 rings (SSSR count). The molecule has 1 aliphatic heterocycles. The van der Waals surface area contributed by atoms with Crippen molar-refractivity contribution in [2.45, 2.75) is 20.4 Å². The monoisotopic (exact) mass is 554 g/mol. The van der Waals surface area contributed by atoms with Crippen molar-refractivity contribution in [1.29, 1.82) is 0 Å². The van der Waals surface area contributed by atoms with Crippen LogP contribution in [0.5, 0.6) is 17.2 Å². The van der Waals surface area contributed by atoms with Gasteiger partial charge >= 0.3 is 0 Å². The fourth-order valence-electron chi connectivity index (χ4n) is 4.05. The number of ether oxygens (including phenoxy) is 3. The molecule has 1 fully saturated rings. The van der Waals surface area contributed by atoms with Gasteiger partial charge in [-0.25, -0.2) is 0 Å². The van der Waals surface area contributed by atoms with Gasteiger partial charge in [0.1, 0.15) is 0 Å². The molecule has 7 nitrogen and oxygen atoms in total. The summed E-state index contributed by atoms with van der Waals surface area (Å²) in [5, 5.41) is 3.48. The standard InChI is InChI=1S/C24H34N4O3.HI/c1-17-8-7-9-20(18(17)2)27-12-14-28(15-13-27)24(25-3)26-16-19-10-11-21(29-4)23(31-6)22(19)30-5;/h7-11H,12-16H2,1-6H3,(H,25,26);1H. The quantitative estimate of drug-likeness (QED) is 0.333. The van der Waals surface area contributed by atoms with Gasteiger partial charge in [0, 0.05) is 51.0 Å². The normalized spacial score (nSPS) is 14.0. The second-order valence-electron chi connectivity index (χ2n) is 7.59. The number of aliphatic imine (C=N–C) groups is 1. The number of nitrogens with zero attached hydrogens (tertiary/aromatic N) is 3. The second-order valence-corrected chi connectivity index (χ2v) is 7.59. The van der Waals surface area contributed by atoms with Crippen LogP contribution in [0.15, 0.2) is 35.3 Å². The van der Waals surface area contributed by atoms with Gasteiger partial charge < -0.3 is 29.3 Å². The molecule has 0 amide bonds. The number of benzene rings is 2. The minimum atomic E-state index is 0. The van der Waals surface area contributed by atoms with Crippen LogP contribution in [0.4, 0.5) is 5.69 Å². The number of anilines is 1. The topological polar surface area (TPSA) is 58.6 Å². The fourth-order valence-corrected chi connectivity index (χ4v) is 4.05. The molecule has 0 unspecified atom stereocenters. The predicted molar refractivity (Wildman–Crippen MR) is 141 cm³/mol. The average Bonchev–Trinajstić information content (AvgIpc) is 2.81. The molecule has 8 heteroatoms. The summed E-state index contributed by atoms with van der Waals surface area (Å²) in [6.07, 6.45) is 0. The van der Waals surface area contributed by atoms with Gasteiger partial charge in [-0.05, 0) is 43.2 Å². The first-order valence-corrected chi connectivity index (χ1v) is 10.6. The summed E-state index contributed by atoms with van der Waals surface area (Å²) < 4.78 is 16.5. The maximum atomic E-state index is 5.60. The Morgan fingerprint density at radius 2 is 1.62 bits per heavy atom. The summed E-state index contributed by atoms with van der Waals surface area (Å²) in [6.45, 7) is 8.70. The second kappa shape index (κ2) is 12.0. The van der Waals surface area contributed by atoms with E-state index in [2.05, 4.69) is 52.2 Å². The van der Waals surface area contributed by atoms with Crippen LogP contribution in [0.25, 0.3) is 0 Å². The zero-order valence-corrected chi connectivity index (χ0v) is 22.2. The molecule has 0 atom stereocenters. The number of rotatable bonds is 6. The number of hydrogen-bond acceptors (Lipinski definition) is 5. The third-order valence-electron chi connectivity index (χ3n) is 5.93. The Morgan fingerprint density at radius 1 is 0.938 bits per heavy atom. The molecule has 1 aliphatic rings. The van der Waals surface area contributed by atoms with Gasteiger partial charge in [-0.3, -0.25) is 4.99 Å². The molecule has 0 spiro atoms. The zero-order chi connectivity index (χ0) is 22.4. The van der Waals surface area contributed by atoms with E-state index in [0.29, 0.717) is 23.8 Å². The minimum absolute atomic E-state index is 0. The van der Waals surface area contributed by atoms with E-state index in [1.54, 1.807) is 21.3 Å². The van der Waals surface area contributed by atoms with Gasteiger partial charge in [0.25, 0.3) is 0 Å². The van der Waals surface area contributed by atoms with E-state index in [-0.39, 0.29) is 24.0 Å². The molecule has 1 N–H and O–H groups in total. The molecule has 0 radical (unpaired) electrons. The smallest absolute Gasteiger partial charge is 0.203 e. The largest absolute Gasteiger partial charge is 0.493 e. The third kappa shape index (κ3) is 5.51. The molecular weight excluding hydrogens is 519 g/mol. The van der Waals surface area contributed by atoms with Crippen molar-refractivity contribution in [3.63, 3.8) is 0 Å². The van der Waals surface area contributed by atoms with E-state index in [0.717, 1.165) is 37.7 Å². The molecule has 0 aliphatic carbocycles. The van der Waals surface area contributed by atoms with Crippen molar-refractivity contribution in [2.24, 2.45) is 4.99 Å². The number of methoxy groups -OCH3 is 3. The van der Waals surface area contributed by atoms with E-state index < -0.39 is 0 Å². The maximum Gasteiger partial charge on any atom is 0.203 e. The Morgan fingerprint density at radius 3 is 2.22 bits per heavy atom. The summed E-state index contributed by atoms with van der Waals surface area (Å²) in [4.78, 5) is 9.27. The maximum absolute atomic E-state index is 5.60. The van der Waals surface area contributed by atoms with E-state index in [1.807, 2.05) is 19.2 Å². The predicted octanol–water partition coefficient (Wildman–Crippen LogP) is 3.84. The molecule has 32 heavy (non-hydrogen) atoms.